The number of hydrogen-bond acceptors (Lipinski definition) is 4. The third kappa shape index (κ3) is 2.70. The third-order valence-corrected chi connectivity index (χ3v) is 9.27. The van der Waals surface area contributed by atoms with E-state index in [4.69, 9.17) is 19.9 Å². The van der Waals surface area contributed by atoms with Crippen LogP contribution in [0, 0.1) is 0 Å². The van der Waals surface area contributed by atoms with Crippen LogP contribution in [0.15, 0.2) is 60.7 Å². The van der Waals surface area contributed by atoms with Gasteiger partial charge in [-0.15, -0.1) is 0 Å². The number of pyridine rings is 2. The van der Waals surface area contributed by atoms with Gasteiger partial charge < -0.3 is 0 Å². The second kappa shape index (κ2) is 6.97. The lowest BCUT2D eigenvalue weighted by molar-refractivity contribution is 0.402. The van der Waals surface area contributed by atoms with Gasteiger partial charge in [0.1, 0.15) is 0 Å². The molecule has 0 unspecified atom stereocenters. The van der Waals surface area contributed by atoms with Crippen molar-refractivity contribution >= 4 is 21.8 Å². The summed E-state index contributed by atoms with van der Waals surface area (Å²) in [5.74, 6) is 1.84. The second-order valence-corrected chi connectivity index (χ2v) is 11.4. The number of rotatable bonds is 0. The molecule has 4 heteroatoms. The first-order chi connectivity index (χ1) is 17.8. The molecule has 36 heavy (non-hydrogen) atoms. The van der Waals surface area contributed by atoms with E-state index < -0.39 is 0 Å². The summed E-state index contributed by atoms with van der Waals surface area (Å²) in [5.41, 5.74) is 12.7. The number of fused-ring (bicyclic) bond motifs is 14. The molecule has 174 valence electrons. The molecule has 0 radical (unpaired) electrons. The number of hydrogen-bond donors (Lipinski definition) is 0. The minimum atomic E-state index is 0.460. The van der Waals surface area contributed by atoms with Crippen LogP contribution >= 0.6 is 0 Å². The Balaban J connectivity index is 1.13. The molecule has 0 fully saturated rings. The van der Waals surface area contributed by atoms with Crippen LogP contribution in [-0.4, -0.2) is 19.9 Å². The molecule has 9 rings (SSSR count). The van der Waals surface area contributed by atoms with Crippen LogP contribution in [0.2, 0.25) is 0 Å². The fourth-order valence-corrected chi connectivity index (χ4v) is 7.72. The summed E-state index contributed by atoms with van der Waals surface area (Å²) in [4.78, 5) is 21.1. The van der Waals surface area contributed by atoms with Gasteiger partial charge in [0.2, 0.25) is 0 Å². The summed E-state index contributed by atoms with van der Waals surface area (Å²) < 4.78 is 0. The summed E-state index contributed by atoms with van der Waals surface area (Å²) in [6.45, 7) is 0. The van der Waals surface area contributed by atoms with Crippen LogP contribution < -0.4 is 0 Å². The molecule has 5 aromatic rings. The maximum Gasteiger partial charge on any atom is 0.0705 e. The van der Waals surface area contributed by atoms with Crippen LogP contribution in [0.4, 0.5) is 0 Å². The SMILES string of the molecule is c1ccc2nc3c(cc2c1)C[C@H]1C[C@@H]3Cc2nc3c(nc21)C[C@H]1C[C@@H]3Cc2cc3ccccc3nc21. The Morgan fingerprint density at radius 3 is 1.42 bits per heavy atom. The zero-order valence-corrected chi connectivity index (χ0v) is 20.1. The first-order valence-corrected chi connectivity index (χ1v) is 13.4. The van der Waals surface area contributed by atoms with Gasteiger partial charge in [0.05, 0.1) is 33.8 Å². The number of aromatic nitrogens is 4. The van der Waals surface area contributed by atoms with Gasteiger partial charge >= 0.3 is 0 Å². The van der Waals surface area contributed by atoms with Crippen molar-refractivity contribution in [3.05, 3.63) is 106 Å². The lowest BCUT2D eigenvalue weighted by Gasteiger charge is -2.39. The van der Waals surface area contributed by atoms with Crippen molar-refractivity contribution in [2.24, 2.45) is 0 Å². The molecule has 0 aliphatic heterocycles. The van der Waals surface area contributed by atoms with Gasteiger partial charge in [-0.2, -0.15) is 0 Å². The quantitative estimate of drug-likeness (QED) is 0.268. The van der Waals surface area contributed by atoms with Gasteiger partial charge in [-0.3, -0.25) is 19.9 Å². The molecular weight excluding hydrogens is 440 g/mol. The minimum Gasteiger partial charge on any atom is -0.254 e. The third-order valence-electron chi connectivity index (χ3n) is 9.27. The Morgan fingerprint density at radius 2 is 0.917 bits per heavy atom. The Bertz CT molecular complexity index is 1610. The molecule has 3 aromatic heterocycles. The van der Waals surface area contributed by atoms with Crippen LogP contribution in [0.25, 0.3) is 21.8 Å². The first-order valence-electron chi connectivity index (χ1n) is 13.4. The summed E-state index contributed by atoms with van der Waals surface area (Å²) in [7, 11) is 0. The number of nitrogens with zero attached hydrogens (tertiary/aromatic N) is 4. The summed E-state index contributed by atoms with van der Waals surface area (Å²) >= 11 is 0. The van der Waals surface area contributed by atoms with Gasteiger partial charge in [0, 0.05) is 45.8 Å². The van der Waals surface area contributed by atoms with E-state index >= 15 is 0 Å². The zero-order valence-electron chi connectivity index (χ0n) is 20.1. The lowest BCUT2D eigenvalue weighted by atomic mass is 9.69. The molecule has 4 nitrogen and oxygen atoms in total. The zero-order chi connectivity index (χ0) is 23.4. The van der Waals surface area contributed by atoms with E-state index in [2.05, 4.69) is 60.7 Å². The molecule has 4 aliphatic carbocycles. The molecule has 0 spiro atoms. The smallest absolute Gasteiger partial charge is 0.0705 e. The lowest BCUT2D eigenvalue weighted by Crippen LogP contribution is -2.32. The van der Waals surface area contributed by atoms with Crippen LogP contribution in [0.3, 0.4) is 0 Å². The Kier molecular flexibility index (Phi) is 3.78. The van der Waals surface area contributed by atoms with E-state index in [1.807, 2.05) is 0 Å². The van der Waals surface area contributed by atoms with E-state index in [1.54, 1.807) is 0 Å². The fourth-order valence-electron chi connectivity index (χ4n) is 7.72. The fraction of sp³-hybridized carbons (Fsp3) is 0.312. The first kappa shape index (κ1) is 19.5. The Hall–Kier alpha value is -3.66. The highest BCUT2D eigenvalue weighted by Gasteiger charge is 2.41. The van der Waals surface area contributed by atoms with Crippen LogP contribution in [0.1, 0.15) is 81.8 Å². The van der Waals surface area contributed by atoms with Gasteiger partial charge in [0.25, 0.3) is 0 Å². The van der Waals surface area contributed by atoms with Gasteiger partial charge in [0.15, 0.2) is 0 Å². The standard InChI is InChI=1S/C32H26N4/c1-3-7-25-17(5-1)9-19-11-21-13-23(29(19)33-25)15-27-31(21)35-28-16-24-14-22(32(28)36-27)12-20-10-18-6-2-4-8-26(18)34-30(20)24/h1-10,21-24H,11-16H2/t21-,22-,23+,24+/m0/s1. The van der Waals surface area contributed by atoms with Crippen molar-refractivity contribution in [1.29, 1.82) is 0 Å². The average Bonchev–Trinajstić information content (AvgIpc) is 2.91. The van der Waals surface area contributed by atoms with Crippen molar-refractivity contribution in [1.82, 2.24) is 19.9 Å². The molecule has 2 aromatic carbocycles. The van der Waals surface area contributed by atoms with E-state index in [9.17, 15) is 0 Å². The van der Waals surface area contributed by atoms with Crippen molar-refractivity contribution in [3.8, 4) is 0 Å². The molecule has 4 bridgehead atoms. The highest BCUT2D eigenvalue weighted by molar-refractivity contribution is 5.80. The highest BCUT2D eigenvalue weighted by atomic mass is 14.9. The molecular formula is C32H26N4. The predicted octanol–water partition coefficient (Wildman–Crippen LogP) is 6.31. The highest BCUT2D eigenvalue weighted by Crippen LogP contribution is 2.49. The number of para-hydroxylation sites is 2. The normalized spacial score (nSPS) is 25.1. The van der Waals surface area contributed by atoms with Gasteiger partial charge in [-0.1, -0.05) is 36.4 Å². The van der Waals surface area contributed by atoms with Gasteiger partial charge in [-0.25, -0.2) is 0 Å². The van der Waals surface area contributed by atoms with Crippen LogP contribution in [0.5, 0.6) is 0 Å². The topological polar surface area (TPSA) is 51.6 Å². The molecule has 0 amide bonds. The van der Waals surface area contributed by atoms with Crippen LogP contribution in [-0.2, 0) is 25.7 Å². The van der Waals surface area contributed by atoms with E-state index in [-0.39, 0.29) is 0 Å². The van der Waals surface area contributed by atoms with Gasteiger partial charge in [-0.05, 0) is 73.9 Å². The molecule has 4 aliphatic rings. The van der Waals surface area contributed by atoms with Crippen molar-refractivity contribution in [2.45, 2.75) is 62.2 Å². The summed E-state index contributed by atoms with van der Waals surface area (Å²) in [6, 6.07) is 21.8. The Morgan fingerprint density at radius 1 is 0.472 bits per heavy atom. The maximum absolute atomic E-state index is 5.42. The maximum atomic E-state index is 5.42. The molecule has 3 heterocycles. The second-order valence-electron chi connectivity index (χ2n) is 11.4. The van der Waals surface area contributed by atoms with E-state index in [0.717, 1.165) is 49.6 Å². The summed E-state index contributed by atoms with van der Waals surface area (Å²) in [6.07, 6.45) is 6.33. The largest absolute Gasteiger partial charge is 0.254 e. The van der Waals surface area contributed by atoms with E-state index in [1.165, 1.54) is 56.1 Å². The Labute approximate surface area is 209 Å². The molecule has 0 N–H and O–H groups in total. The summed E-state index contributed by atoms with van der Waals surface area (Å²) in [5, 5.41) is 2.50. The molecule has 0 saturated heterocycles. The predicted molar refractivity (Wildman–Crippen MR) is 141 cm³/mol. The van der Waals surface area contributed by atoms with Crippen molar-refractivity contribution in [3.63, 3.8) is 0 Å². The van der Waals surface area contributed by atoms with E-state index in [0.29, 0.717) is 23.7 Å². The monoisotopic (exact) mass is 466 g/mol. The van der Waals surface area contributed by atoms with Crippen molar-refractivity contribution < 1.29 is 0 Å². The molecule has 0 saturated carbocycles. The molecule has 4 atom stereocenters. The average molecular weight is 467 g/mol. The van der Waals surface area contributed by atoms with Crippen molar-refractivity contribution in [2.75, 3.05) is 0 Å². The minimum absolute atomic E-state index is 0.460. The number of benzene rings is 2.